The SMILES string of the molecule is CC(=O)N[C@@H](CC(=O)Nc1nc(-c2ccc3ccccc3c2)cs1)c1ccccc1. The predicted octanol–water partition coefficient (Wildman–Crippen LogP) is 5.17. The number of hydrogen-bond donors (Lipinski definition) is 2. The summed E-state index contributed by atoms with van der Waals surface area (Å²) < 4.78 is 0. The van der Waals surface area contributed by atoms with Crippen LogP contribution in [0.2, 0.25) is 0 Å². The molecule has 150 valence electrons. The van der Waals surface area contributed by atoms with Gasteiger partial charge >= 0.3 is 0 Å². The van der Waals surface area contributed by atoms with Gasteiger partial charge in [-0.3, -0.25) is 9.59 Å². The van der Waals surface area contributed by atoms with Crippen LogP contribution in [0.3, 0.4) is 0 Å². The largest absolute Gasteiger partial charge is 0.349 e. The highest BCUT2D eigenvalue weighted by Gasteiger charge is 2.18. The van der Waals surface area contributed by atoms with E-state index < -0.39 is 0 Å². The third-order valence-electron chi connectivity index (χ3n) is 4.76. The fraction of sp³-hybridized carbons (Fsp3) is 0.125. The average molecular weight is 416 g/mol. The van der Waals surface area contributed by atoms with Gasteiger partial charge in [0.1, 0.15) is 0 Å². The molecule has 3 aromatic carbocycles. The Balaban J connectivity index is 1.47. The summed E-state index contributed by atoms with van der Waals surface area (Å²) in [6, 6.07) is 23.5. The topological polar surface area (TPSA) is 71.1 Å². The molecule has 0 saturated carbocycles. The van der Waals surface area contributed by atoms with Crippen molar-refractivity contribution in [1.29, 1.82) is 0 Å². The number of rotatable bonds is 6. The van der Waals surface area contributed by atoms with Gasteiger partial charge in [-0.25, -0.2) is 4.98 Å². The summed E-state index contributed by atoms with van der Waals surface area (Å²) in [5.74, 6) is -0.374. The number of hydrogen-bond acceptors (Lipinski definition) is 4. The number of amides is 2. The Bertz CT molecular complexity index is 1190. The Morgan fingerprint density at radius 3 is 2.47 bits per heavy atom. The lowest BCUT2D eigenvalue weighted by Crippen LogP contribution is -2.29. The van der Waals surface area contributed by atoms with Crippen LogP contribution in [-0.4, -0.2) is 16.8 Å². The van der Waals surface area contributed by atoms with Crippen LogP contribution in [0.15, 0.2) is 78.2 Å². The summed E-state index contributed by atoms with van der Waals surface area (Å²) in [4.78, 5) is 28.7. The minimum Gasteiger partial charge on any atom is -0.349 e. The van der Waals surface area contributed by atoms with E-state index in [1.807, 2.05) is 53.9 Å². The third kappa shape index (κ3) is 4.72. The molecule has 5 nitrogen and oxygen atoms in total. The zero-order chi connectivity index (χ0) is 20.9. The Labute approximate surface area is 178 Å². The van der Waals surface area contributed by atoms with Crippen molar-refractivity contribution in [2.75, 3.05) is 5.32 Å². The molecule has 30 heavy (non-hydrogen) atoms. The number of fused-ring (bicyclic) bond motifs is 1. The first-order valence-electron chi connectivity index (χ1n) is 9.65. The molecule has 1 heterocycles. The van der Waals surface area contributed by atoms with Gasteiger partial charge in [-0.2, -0.15) is 0 Å². The van der Waals surface area contributed by atoms with Crippen molar-refractivity contribution in [2.24, 2.45) is 0 Å². The maximum Gasteiger partial charge on any atom is 0.228 e. The van der Waals surface area contributed by atoms with Crippen LogP contribution in [0.5, 0.6) is 0 Å². The monoisotopic (exact) mass is 415 g/mol. The molecule has 4 rings (SSSR count). The molecule has 0 fully saturated rings. The predicted molar refractivity (Wildman–Crippen MR) is 121 cm³/mol. The molecule has 1 atom stereocenters. The highest BCUT2D eigenvalue weighted by Crippen LogP contribution is 2.28. The average Bonchev–Trinajstić information content (AvgIpc) is 3.21. The molecule has 6 heteroatoms. The van der Waals surface area contributed by atoms with Crippen LogP contribution in [0.25, 0.3) is 22.0 Å². The number of carbonyl (C=O) groups is 2. The first kappa shape index (κ1) is 19.8. The zero-order valence-corrected chi connectivity index (χ0v) is 17.3. The van der Waals surface area contributed by atoms with Crippen molar-refractivity contribution in [2.45, 2.75) is 19.4 Å². The van der Waals surface area contributed by atoms with E-state index in [0.29, 0.717) is 5.13 Å². The maximum absolute atomic E-state index is 12.6. The van der Waals surface area contributed by atoms with Crippen LogP contribution < -0.4 is 10.6 Å². The van der Waals surface area contributed by atoms with E-state index in [1.165, 1.54) is 23.6 Å². The van der Waals surface area contributed by atoms with Crippen LogP contribution >= 0.6 is 11.3 Å². The van der Waals surface area contributed by atoms with E-state index in [2.05, 4.69) is 39.9 Å². The number of nitrogens with zero attached hydrogens (tertiary/aromatic N) is 1. The molecule has 2 N–H and O–H groups in total. The number of nitrogens with one attached hydrogen (secondary N) is 2. The lowest BCUT2D eigenvalue weighted by molar-refractivity contribution is -0.120. The van der Waals surface area contributed by atoms with Crippen molar-refractivity contribution in [3.05, 3.63) is 83.7 Å². The first-order chi connectivity index (χ1) is 14.6. The molecular formula is C24H21N3O2S. The van der Waals surface area contributed by atoms with Gasteiger partial charge < -0.3 is 10.6 Å². The molecule has 0 aliphatic rings. The summed E-state index contributed by atoms with van der Waals surface area (Å²) in [5, 5.41) is 10.5. The fourth-order valence-corrected chi connectivity index (χ4v) is 4.09. The number of thiazole rings is 1. The van der Waals surface area contributed by atoms with E-state index in [4.69, 9.17) is 0 Å². The molecule has 0 aliphatic carbocycles. The highest BCUT2D eigenvalue weighted by atomic mass is 32.1. The van der Waals surface area contributed by atoms with Gasteiger partial charge in [0, 0.05) is 17.9 Å². The van der Waals surface area contributed by atoms with Crippen molar-refractivity contribution >= 4 is 39.1 Å². The van der Waals surface area contributed by atoms with Crippen molar-refractivity contribution in [3.63, 3.8) is 0 Å². The quantitative estimate of drug-likeness (QED) is 0.456. The Hall–Kier alpha value is -3.51. The van der Waals surface area contributed by atoms with E-state index in [-0.39, 0.29) is 24.3 Å². The normalized spacial score (nSPS) is 11.8. The van der Waals surface area contributed by atoms with Crippen LogP contribution in [-0.2, 0) is 9.59 Å². The molecule has 0 saturated heterocycles. The zero-order valence-electron chi connectivity index (χ0n) is 16.5. The standard InChI is InChI=1S/C24H21N3O2S/c1-16(28)25-21(18-8-3-2-4-9-18)14-23(29)27-24-26-22(15-30-24)20-12-11-17-7-5-6-10-19(17)13-20/h2-13,15,21H,14H2,1H3,(H,25,28)(H,26,27,29)/t21-/m0/s1. The second kappa shape index (κ2) is 8.88. The Kier molecular flexibility index (Phi) is 5.86. The molecule has 0 bridgehead atoms. The van der Waals surface area contributed by atoms with Gasteiger partial charge in [0.05, 0.1) is 18.2 Å². The smallest absolute Gasteiger partial charge is 0.228 e. The van der Waals surface area contributed by atoms with Gasteiger partial charge in [0.25, 0.3) is 0 Å². The molecule has 0 radical (unpaired) electrons. The van der Waals surface area contributed by atoms with Gasteiger partial charge in [-0.15, -0.1) is 11.3 Å². The van der Waals surface area contributed by atoms with Gasteiger partial charge in [-0.1, -0.05) is 66.7 Å². The maximum atomic E-state index is 12.6. The van der Waals surface area contributed by atoms with Crippen molar-refractivity contribution < 1.29 is 9.59 Å². The van der Waals surface area contributed by atoms with E-state index in [9.17, 15) is 9.59 Å². The second-order valence-electron chi connectivity index (χ2n) is 7.02. The molecule has 1 aromatic heterocycles. The Morgan fingerprint density at radius 2 is 1.70 bits per heavy atom. The summed E-state index contributed by atoms with van der Waals surface area (Å²) >= 11 is 1.38. The van der Waals surface area contributed by atoms with E-state index in [1.54, 1.807) is 0 Å². The molecule has 0 aliphatic heterocycles. The second-order valence-corrected chi connectivity index (χ2v) is 7.87. The van der Waals surface area contributed by atoms with Crippen molar-refractivity contribution in [3.8, 4) is 11.3 Å². The Morgan fingerprint density at radius 1 is 0.967 bits per heavy atom. The van der Waals surface area contributed by atoms with E-state index >= 15 is 0 Å². The van der Waals surface area contributed by atoms with Crippen LogP contribution in [0.1, 0.15) is 24.9 Å². The molecule has 2 amide bonds. The van der Waals surface area contributed by atoms with Crippen molar-refractivity contribution in [1.82, 2.24) is 10.3 Å². The lowest BCUT2D eigenvalue weighted by Gasteiger charge is -2.17. The fourth-order valence-electron chi connectivity index (χ4n) is 3.35. The lowest BCUT2D eigenvalue weighted by atomic mass is 10.0. The number of benzene rings is 3. The third-order valence-corrected chi connectivity index (χ3v) is 5.52. The molecular weight excluding hydrogens is 394 g/mol. The van der Waals surface area contributed by atoms with Gasteiger partial charge in [0.2, 0.25) is 11.8 Å². The summed E-state index contributed by atoms with van der Waals surface area (Å²) in [5.41, 5.74) is 2.72. The number of carbonyl (C=O) groups excluding carboxylic acids is 2. The molecule has 0 unspecified atom stereocenters. The summed E-state index contributed by atoms with van der Waals surface area (Å²) in [6.07, 6.45) is 0.133. The van der Waals surface area contributed by atoms with Gasteiger partial charge in [0.15, 0.2) is 5.13 Å². The highest BCUT2D eigenvalue weighted by molar-refractivity contribution is 7.14. The number of anilines is 1. The number of aromatic nitrogens is 1. The van der Waals surface area contributed by atoms with Crippen LogP contribution in [0, 0.1) is 0 Å². The van der Waals surface area contributed by atoms with Crippen LogP contribution in [0.4, 0.5) is 5.13 Å². The minimum absolute atomic E-state index is 0.133. The summed E-state index contributed by atoms with van der Waals surface area (Å²) in [6.45, 7) is 1.45. The van der Waals surface area contributed by atoms with Gasteiger partial charge in [-0.05, 0) is 22.4 Å². The minimum atomic E-state index is -0.386. The van der Waals surface area contributed by atoms with E-state index in [0.717, 1.165) is 22.2 Å². The first-order valence-corrected chi connectivity index (χ1v) is 10.5. The summed E-state index contributed by atoms with van der Waals surface area (Å²) in [7, 11) is 0. The molecule has 4 aromatic rings. The molecule has 0 spiro atoms.